The minimum atomic E-state index is -3.83. The standard InChI is InChI=1S/C17H16F2N2O5S/c1-25-14-4-2-3-11(16(14)26-17(18)19)5-10-15(22)21-12-6-8-13(9-7-12)27(20,23)24/h2-10,17H,1H3,(H,21,22)(H2,20,23,24)/b10-5+. The molecular formula is C17H16F2N2O5S. The zero-order chi connectivity index (χ0) is 20.0. The Bertz CT molecular complexity index is 944. The normalized spacial score (nSPS) is 11.6. The highest BCUT2D eigenvalue weighted by Crippen LogP contribution is 2.33. The maximum Gasteiger partial charge on any atom is 0.387 e. The number of rotatable bonds is 7. The van der Waals surface area contributed by atoms with Crippen LogP contribution >= 0.6 is 0 Å². The van der Waals surface area contributed by atoms with Gasteiger partial charge in [-0.25, -0.2) is 13.6 Å². The van der Waals surface area contributed by atoms with Gasteiger partial charge in [-0.3, -0.25) is 4.79 Å². The molecule has 0 bridgehead atoms. The van der Waals surface area contributed by atoms with Crippen molar-refractivity contribution in [1.29, 1.82) is 0 Å². The molecule has 0 heterocycles. The number of hydrogen-bond donors (Lipinski definition) is 2. The molecular weight excluding hydrogens is 382 g/mol. The first-order valence-electron chi connectivity index (χ1n) is 7.44. The monoisotopic (exact) mass is 398 g/mol. The number of amides is 1. The van der Waals surface area contributed by atoms with Crippen LogP contribution in [0.4, 0.5) is 14.5 Å². The lowest BCUT2D eigenvalue weighted by atomic mass is 10.1. The highest BCUT2D eigenvalue weighted by atomic mass is 32.2. The van der Waals surface area contributed by atoms with Crippen LogP contribution in [0.3, 0.4) is 0 Å². The summed E-state index contributed by atoms with van der Waals surface area (Å²) in [6.07, 6.45) is 2.40. The number of nitrogens with two attached hydrogens (primary N) is 1. The molecule has 2 aromatic rings. The van der Waals surface area contributed by atoms with Crippen LogP contribution in [-0.4, -0.2) is 28.0 Å². The number of carbonyl (C=O) groups is 1. The van der Waals surface area contributed by atoms with E-state index in [0.717, 1.165) is 6.08 Å². The van der Waals surface area contributed by atoms with Gasteiger partial charge in [-0.2, -0.15) is 8.78 Å². The van der Waals surface area contributed by atoms with Crippen LogP contribution in [0.15, 0.2) is 53.4 Å². The molecule has 1 amide bonds. The van der Waals surface area contributed by atoms with Gasteiger partial charge < -0.3 is 14.8 Å². The van der Waals surface area contributed by atoms with E-state index in [1.165, 1.54) is 49.6 Å². The molecule has 0 saturated heterocycles. The van der Waals surface area contributed by atoms with Gasteiger partial charge in [-0.15, -0.1) is 0 Å². The second-order valence-corrected chi connectivity index (χ2v) is 6.71. The van der Waals surface area contributed by atoms with Crippen molar-refractivity contribution in [2.45, 2.75) is 11.5 Å². The molecule has 2 aromatic carbocycles. The molecule has 0 spiro atoms. The highest BCUT2D eigenvalue weighted by molar-refractivity contribution is 7.89. The van der Waals surface area contributed by atoms with Gasteiger partial charge in [0.2, 0.25) is 15.9 Å². The molecule has 3 N–H and O–H groups in total. The fourth-order valence-electron chi connectivity index (χ4n) is 2.12. The van der Waals surface area contributed by atoms with E-state index in [-0.39, 0.29) is 22.0 Å². The molecule has 0 aliphatic heterocycles. The molecule has 0 radical (unpaired) electrons. The molecule has 0 unspecified atom stereocenters. The number of alkyl halides is 2. The predicted molar refractivity (Wildman–Crippen MR) is 95.1 cm³/mol. The van der Waals surface area contributed by atoms with Gasteiger partial charge in [0.1, 0.15) is 0 Å². The summed E-state index contributed by atoms with van der Waals surface area (Å²) < 4.78 is 57.0. The van der Waals surface area contributed by atoms with Crippen molar-refractivity contribution < 1.29 is 31.5 Å². The summed E-state index contributed by atoms with van der Waals surface area (Å²) >= 11 is 0. The third-order valence-corrected chi connectivity index (χ3v) is 4.23. The van der Waals surface area contributed by atoms with E-state index < -0.39 is 22.5 Å². The van der Waals surface area contributed by atoms with Gasteiger partial charge >= 0.3 is 6.61 Å². The third kappa shape index (κ3) is 5.76. The van der Waals surface area contributed by atoms with E-state index in [9.17, 15) is 22.0 Å². The van der Waals surface area contributed by atoms with Gasteiger partial charge in [0, 0.05) is 17.3 Å². The Balaban J connectivity index is 2.15. The van der Waals surface area contributed by atoms with Gasteiger partial charge in [0.05, 0.1) is 12.0 Å². The molecule has 0 saturated carbocycles. The first-order valence-corrected chi connectivity index (χ1v) is 8.99. The summed E-state index contributed by atoms with van der Waals surface area (Å²) in [5.41, 5.74) is 0.543. The first kappa shape index (κ1) is 20.3. The number of hydrogen-bond acceptors (Lipinski definition) is 5. The van der Waals surface area contributed by atoms with Crippen LogP contribution in [-0.2, 0) is 14.8 Å². The lowest BCUT2D eigenvalue weighted by Crippen LogP contribution is -2.12. The van der Waals surface area contributed by atoms with Crippen LogP contribution in [0.2, 0.25) is 0 Å². The molecule has 2 rings (SSSR count). The quantitative estimate of drug-likeness (QED) is 0.697. The van der Waals surface area contributed by atoms with E-state index in [1.807, 2.05) is 0 Å². The number of benzene rings is 2. The van der Waals surface area contributed by atoms with Crippen LogP contribution in [0.5, 0.6) is 11.5 Å². The van der Waals surface area contributed by atoms with Crippen molar-refractivity contribution in [1.82, 2.24) is 0 Å². The van der Waals surface area contributed by atoms with Gasteiger partial charge in [0.25, 0.3) is 0 Å². The van der Waals surface area contributed by atoms with Crippen molar-refractivity contribution >= 4 is 27.7 Å². The number of para-hydroxylation sites is 1. The highest BCUT2D eigenvalue weighted by Gasteiger charge is 2.14. The molecule has 0 fully saturated rings. The Hall–Kier alpha value is -2.98. The average molecular weight is 398 g/mol. The molecule has 7 nitrogen and oxygen atoms in total. The summed E-state index contributed by atoms with van der Waals surface area (Å²) in [5.74, 6) is -0.669. The minimum Gasteiger partial charge on any atom is -0.493 e. The van der Waals surface area contributed by atoms with Crippen molar-refractivity contribution in [2.24, 2.45) is 5.14 Å². The maximum atomic E-state index is 12.6. The lowest BCUT2D eigenvalue weighted by Gasteiger charge is -2.12. The maximum absolute atomic E-state index is 12.6. The number of methoxy groups -OCH3 is 1. The number of sulfonamides is 1. The molecule has 0 aliphatic rings. The number of nitrogens with one attached hydrogen (secondary N) is 1. The minimum absolute atomic E-state index is 0.0939. The number of anilines is 1. The Kier molecular flexibility index (Phi) is 6.48. The van der Waals surface area contributed by atoms with Crippen LogP contribution in [0.1, 0.15) is 5.56 Å². The Morgan fingerprint density at radius 3 is 2.41 bits per heavy atom. The summed E-state index contributed by atoms with van der Waals surface area (Å²) in [6, 6.07) is 9.69. The largest absolute Gasteiger partial charge is 0.493 e. The predicted octanol–water partition coefficient (Wildman–Crippen LogP) is 2.60. The molecule has 0 atom stereocenters. The van der Waals surface area contributed by atoms with Crippen molar-refractivity contribution in [2.75, 3.05) is 12.4 Å². The summed E-state index contributed by atoms with van der Waals surface area (Å²) in [6.45, 7) is -3.06. The molecule has 10 heteroatoms. The van der Waals surface area contributed by atoms with E-state index in [0.29, 0.717) is 5.69 Å². The number of ether oxygens (including phenoxy) is 2. The number of primary sulfonamides is 1. The Labute approximate surface area is 154 Å². The zero-order valence-electron chi connectivity index (χ0n) is 14.1. The molecule has 0 aliphatic carbocycles. The second kappa shape index (κ2) is 8.60. The topological polar surface area (TPSA) is 108 Å². The smallest absolute Gasteiger partial charge is 0.387 e. The van der Waals surface area contributed by atoms with E-state index in [4.69, 9.17) is 9.88 Å². The van der Waals surface area contributed by atoms with Crippen LogP contribution in [0.25, 0.3) is 6.08 Å². The number of carbonyl (C=O) groups excluding carboxylic acids is 1. The van der Waals surface area contributed by atoms with E-state index in [1.54, 1.807) is 6.07 Å². The third-order valence-electron chi connectivity index (χ3n) is 3.30. The summed E-state index contributed by atoms with van der Waals surface area (Å²) in [4.78, 5) is 11.9. The SMILES string of the molecule is COc1cccc(/C=C/C(=O)Nc2ccc(S(N)(=O)=O)cc2)c1OC(F)F. The fourth-order valence-corrected chi connectivity index (χ4v) is 2.63. The van der Waals surface area contributed by atoms with Crippen LogP contribution < -0.4 is 19.9 Å². The summed E-state index contributed by atoms with van der Waals surface area (Å²) in [5, 5.41) is 7.49. The zero-order valence-corrected chi connectivity index (χ0v) is 14.9. The van der Waals surface area contributed by atoms with Crippen molar-refractivity contribution in [3.05, 3.63) is 54.1 Å². The summed E-state index contributed by atoms with van der Waals surface area (Å²) in [7, 11) is -2.52. The van der Waals surface area contributed by atoms with Gasteiger partial charge in [0.15, 0.2) is 11.5 Å². The van der Waals surface area contributed by atoms with Gasteiger partial charge in [-0.05, 0) is 36.4 Å². The number of halogens is 2. The first-order chi connectivity index (χ1) is 12.7. The Morgan fingerprint density at radius 1 is 1.19 bits per heavy atom. The average Bonchev–Trinajstić information content (AvgIpc) is 2.60. The van der Waals surface area contributed by atoms with E-state index in [2.05, 4.69) is 10.1 Å². The fraction of sp³-hybridized carbons (Fsp3) is 0.118. The molecule has 27 heavy (non-hydrogen) atoms. The molecule has 0 aromatic heterocycles. The molecule has 144 valence electrons. The van der Waals surface area contributed by atoms with Crippen molar-refractivity contribution in [3.63, 3.8) is 0 Å². The Morgan fingerprint density at radius 2 is 1.85 bits per heavy atom. The lowest BCUT2D eigenvalue weighted by molar-refractivity contribution is -0.111. The second-order valence-electron chi connectivity index (χ2n) is 5.15. The van der Waals surface area contributed by atoms with Crippen molar-refractivity contribution in [3.8, 4) is 11.5 Å². The van der Waals surface area contributed by atoms with Crippen LogP contribution in [0, 0.1) is 0 Å². The van der Waals surface area contributed by atoms with Gasteiger partial charge in [-0.1, -0.05) is 12.1 Å². The van der Waals surface area contributed by atoms with E-state index >= 15 is 0 Å².